The van der Waals surface area contributed by atoms with Crippen LogP contribution in [-0.2, 0) is 17.8 Å². The van der Waals surface area contributed by atoms with E-state index < -0.39 is 5.97 Å². The van der Waals surface area contributed by atoms with Crippen LogP contribution in [0.15, 0.2) is 96.6 Å². The normalized spacial score (nSPS) is 14.3. The summed E-state index contributed by atoms with van der Waals surface area (Å²) in [6.07, 6.45) is 14.1. The summed E-state index contributed by atoms with van der Waals surface area (Å²) in [5, 5.41) is 11.5. The Morgan fingerprint density at radius 3 is 2.16 bits per heavy atom. The van der Waals surface area contributed by atoms with Crippen LogP contribution < -0.4 is 24.3 Å². The van der Waals surface area contributed by atoms with E-state index in [1.807, 2.05) is 52.0 Å². The topological polar surface area (TPSA) is 86.3 Å². The molecule has 0 saturated heterocycles. The third kappa shape index (κ3) is 12.7. The summed E-state index contributed by atoms with van der Waals surface area (Å²) in [4.78, 5) is 9.60. The van der Waals surface area contributed by atoms with Crippen LogP contribution in [0.3, 0.4) is 0 Å². The van der Waals surface area contributed by atoms with E-state index in [4.69, 9.17) is 24.1 Å². The second kappa shape index (κ2) is 22.0. The van der Waals surface area contributed by atoms with Gasteiger partial charge in [-0.2, -0.15) is 0 Å². The first-order valence-corrected chi connectivity index (χ1v) is 17.1. The minimum atomic E-state index is -0.935. The lowest BCUT2D eigenvalue weighted by Crippen LogP contribution is -2.28. The van der Waals surface area contributed by atoms with Crippen molar-refractivity contribution in [2.24, 2.45) is 0 Å². The van der Waals surface area contributed by atoms with E-state index in [2.05, 4.69) is 79.5 Å². The Kier molecular flexibility index (Phi) is 18.1. The molecule has 0 saturated carbocycles. The van der Waals surface area contributed by atoms with Crippen molar-refractivity contribution < 1.29 is 28.8 Å². The molecule has 0 bridgehead atoms. The molecule has 3 aromatic rings. The van der Waals surface area contributed by atoms with E-state index >= 15 is 0 Å². The zero-order chi connectivity index (χ0) is 36.2. The first kappa shape index (κ1) is 40.4. The molecular weight excluding hydrogens is 614 g/mol. The second-order valence-corrected chi connectivity index (χ2v) is 11.0. The SMILES string of the molecule is C=C(C)C(=O)O.CC.CC.COc1cc(C)c(/C=C/C2NCCc3cc(OCc4ccccc4)c(OC)cc32)cc1OCC1=CCCC=C1. The van der Waals surface area contributed by atoms with Gasteiger partial charge in [-0.25, -0.2) is 4.79 Å². The van der Waals surface area contributed by atoms with Crippen LogP contribution in [0.1, 0.15) is 81.3 Å². The smallest absolute Gasteiger partial charge is 0.330 e. The Morgan fingerprint density at radius 2 is 1.55 bits per heavy atom. The Bertz CT molecular complexity index is 1560. The van der Waals surface area contributed by atoms with Crippen LogP contribution >= 0.6 is 0 Å². The van der Waals surface area contributed by atoms with E-state index in [9.17, 15) is 4.79 Å². The highest BCUT2D eigenvalue weighted by Crippen LogP contribution is 2.37. The second-order valence-electron chi connectivity index (χ2n) is 11.0. The number of ether oxygens (including phenoxy) is 4. The van der Waals surface area contributed by atoms with Gasteiger partial charge in [-0.1, -0.05) is 95.0 Å². The molecule has 1 aliphatic heterocycles. The average molecular weight is 670 g/mol. The van der Waals surface area contributed by atoms with Gasteiger partial charge >= 0.3 is 5.97 Å². The predicted octanol–water partition coefficient (Wildman–Crippen LogP) is 9.85. The lowest BCUT2D eigenvalue weighted by atomic mass is 9.92. The fourth-order valence-electron chi connectivity index (χ4n) is 5.04. The summed E-state index contributed by atoms with van der Waals surface area (Å²) in [6.45, 7) is 16.6. The third-order valence-electron chi connectivity index (χ3n) is 7.61. The van der Waals surface area contributed by atoms with Gasteiger partial charge in [-0.3, -0.25) is 0 Å². The molecule has 264 valence electrons. The van der Waals surface area contributed by atoms with Crippen molar-refractivity contribution in [1.82, 2.24) is 5.32 Å². The van der Waals surface area contributed by atoms with Gasteiger partial charge in [0.2, 0.25) is 0 Å². The Balaban J connectivity index is 0.000000743. The number of hydrogen-bond donors (Lipinski definition) is 2. The zero-order valence-corrected chi connectivity index (χ0v) is 30.6. The maximum Gasteiger partial charge on any atom is 0.330 e. The zero-order valence-electron chi connectivity index (χ0n) is 30.6. The Morgan fingerprint density at radius 1 is 0.918 bits per heavy atom. The summed E-state index contributed by atoms with van der Waals surface area (Å²) in [5.74, 6) is 2.09. The van der Waals surface area contributed by atoms with Gasteiger partial charge in [0.25, 0.3) is 0 Å². The van der Waals surface area contributed by atoms with Crippen molar-refractivity contribution >= 4 is 12.0 Å². The highest BCUT2D eigenvalue weighted by Gasteiger charge is 2.21. The van der Waals surface area contributed by atoms with E-state index in [0.29, 0.717) is 13.2 Å². The molecule has 0 amide bonds. The summed E-state index contributed by atoms with van der Waals surface area (Å²) in [5.41, 5.74) is 7.22. The number of methoxy groups -OCH3 is 2. The van der Waals surface area contributed by atoms with Crippen LogP contribution in [0.5, 0.6) is 23.0 Å². The van der Waals surface area contributed by atoms with Gasteiger partial charge in [0.1, 0.15) is 13.2 Å². The molecule has 1 atom stereocenters. The lowest BCUT2D eigenvalue weighted by molar-refractivity contribution is -0.132. The van der Waals surface area contributed by atoms with Gasteiger partial charge in [0.05, 0.1) is 20.3 Å². The maximum atomic E-state index is 9.60. The van der Waals surface area contributed by atoms with Crippen molar-refractivity contribution in [2.75, 3.05) is 27.4 Å². The highest BCUT2D eigenvalue weighted by molar-refractivity contribution is 5.84. The Hall–Kier alpha value is -4.75. The molecule has 3 aromatic carbocycles. The fourth-order valence-corrected chi connectivity index (χ4v) is 5.04. The molecule has 49 heavy (non-hydrogen) atoms. The fraction of sp³-hybridized carbons (Fsp3) is 0.357. The summed E-state index contributed by atoms with van der Waals surface area (Å²) >= 11 is 0. The number of allylic oxidation sites excluding steroid dienone is 2. The number of nitrogens with one attached hydrogen (secondary N) is 1. The molecule has 2 aliphatic rings. The van der Waals surface area contributed by atoms with E-state index in [0.717, 1.165) is 65.5 Å². The molecule has 5 rings (SSSR count). The van der Waals surface area contributed by atoms with Crippen molar-refractivity contribution in [3.05, 3.63) is 124 Å². The minimum Gasteiger partial charge on any atom is -0.493 e. The number of carboxylic acids is 1. The van der Waals surface area contributed by atoms with Gasteiger partial charge in [-0.05, 0) is 90.8 Å². The van der Waals surface area contributed by atoms with Crippen molar-refractivity contribution in [3.8, 4) is 23.0 Å². The van der Waals surface area contributed by atoms with E-state index in [1.165, 1.54) is 23.6 Å². The summed E-state index contributed by atoms with van der Waals surface area (Å²) in [7, 11) is 3.38. The molecule has 0 radical (unpaired) electrons. The number of rotatable bonds is 11. The molecule has 0 spiro atoms. The van der Waals surface area contributed by atoms with Crippen molar-refractivity contribution in [3.63, 3.8) is 0 Å². The van der Waals surface area contributed by atoms with Crippen LogP contribution in [0.2, 0.25) is 0 Å². The van der Waals surface area contributed by atoms with Gasteiger partial charge < -0.3 is 29.4 Å². The summed E-state index contributed by atoms with van der Waals surface area (Å²) in [6, 6.07) is 18.6. The monoisotopic (exact) mass is 669 g/mol. The van der Waals surface area contributed by atoms with Crippen molar-refractivity contribution in [2.45, 2.75) is 73.5 Å². The quantitative estimate of drug-likeness (QED) is 0.197. The van der Waals surface area contributed by atoms with Crippen LogP contribution in [0, 0.1) is 6.92 Å². The lowest BCUT2D eigenvalue weighted by Gasteiger charge is -2.26. The van der Waals surface area contributed by atoms with Crippen LogP contribution in [-0.4, -0.2) is 38.4 Å². The van der Waals surface area contributed by atoms with Gasteiger partial charge in [-0.15, -0.1) is 0 Å². The molecule has 1 heterocycles. The number of carboxylic acid groups (broad SMARTS) is 1. The number of benzene rings is 3. The number of fused-ring (bicyclic) bond motifs is 1. The first-order valence-electron chi connectivity index (χ1n) is 17.1. The molecule has 0 fully saturated rings. The molecule has 7 nitrogen and oxygen atoms in total. The van der Waals surface area contributed by atoms with E-state index in [-0.39, 0.29) is 11.6 Å². The third-order valence-corrected chi connectivity index (χ3v) is 7.61. The molecule has 0 aromatic heterocycles. The molecule has 2 N–H and O–H groups in total. The molecular formula is C42H55NO6. The highest BCUT2D eigenvalue weighted by atomic mass is 16.5. The summed E-state index contributed by atoms with van der Waals surface area (Å²) < 4.78 is 23.7. The number of hydrogen-bond acceptors (Lipinski definition) is 6. The first-order chi connectivity index (χ1) is 23.8. The number of aryl methyl sites for hydroxylation is 1. The average Bonchev–Trinajstić information content (AvgIpc) is 3.15. The van der Waals surface area contributed by atoms with Crippen LogP contribution in [0.25, 0.3) is 6.08 Å². The largest absolute Gasteiger partial charge is 0.493 e. The van der Waals surface area contributed by atoms with Gasteiger partial charge in [0.15, 0.2) is 23.0 Å². The maximum absolute atomic E-state index is 9.60. The van der Waals surface area contributed by atoms with Gasteiger partial charge in [0, 0.05) is 12.1 Å². The molecule has 1 aliphatic carbocycles. The van der Waals surface area contributed by atoms with E-state index in [1.54, 1.807) is 14.2 Å². The van der Waals surface area contributed by atoms with Crippen molar-refractivity contribution in [1.29, 1.82) is 0 Å². The molecule has 1 unspecified atom stereocenters. The number of aliphatic carboxylic acids is 1. The standard InChI is InChI=1S/C34H37NO4.C4H6O2.2C2H6/c1-24-18-31(36-2)33(38-22-25-10-6-4-7-11-25)19-27(24)14-15-30-29-21-32(37-3)34(20-28(29)16-17-35-30)39-23-26-12-8-5-9-13-26;1-3(2)4(5)6;2*1-2/h5-6,8-15,18-21,30,35H,4,7,16-17,22-23H2,1-3H3;1H2,2H3,(H,5,6);2*1-2H3/b15-14+;;;. The van der Waals surface area contributed by atoms with Crippen LogP contribution in [0.4, 0.5) is 0 Å². The molecule has 7 heteroatoms. The predicted molar refractivity (Wildman–Crippen MR) is 202 cm³/mol. The Labute approximate surface area is 294 Å². The number of carbonyl (C=O) groups is 1. The minimum absolute atomic E-state index is 0.0641.